The number of furan rings is 1. The standard InChI is InChI=1S/C19H26N2O3/c22-18(20-11-10-15-6-2-1-3-7-15)16-8-4-12-21(14-16)19(23)17-9-5-13-24-17/h5-6,9,13,16H,1-4,7-8,10-12,14H2,(H,20,22)/t16-/m0/s1. The molecule has 0 aromatic carbocycles. The number of hydrogen-bond donors (Lipinski definition) is 1. The third-order valence-electron chi connectivity index (χ3n) is 4.94. The van der Waals surface area contributed by atoms with Gasteiger partial charge >= 0.3 is 0 Å². The molecule has 130 valence electrons. The molecule has 1 aliphatic heterocycles. The second-order valence-electron chi connectivity index (χ2n) is 6.72. The zero-order chi connectivity index (χ0) is 16.8. The van der Waals surface area contributed by atoms with Crippen LogP contribution in [0.2, 0.25) is 0 Å². The van der Waals surface area contributed by atoms with Crippen LogP contribution < -0.4 is 5.32 Å². The van der Waals surface area contributed by atoms with Crippen molar-refractivity contribution in [1.29, 1.82) is 0 Å². The summed E-state index contributed by atoms with van der Waals surface area (Å²) in [7, 11) is 0. The van der Waals surface area contributed by atoms with Gasteiger partial charge in [-0.2, -0.15) is 0 Å². The molecule has 1 aromatic heterocycles. The predicted octanol–water partition coefficient (Wildman–Crippen LogP) is 3.14. The van der Waals surface area contributed by atoms with E-state index in [-0.39, 0.29) is 17.7 Å². The van der Waals surface area contributed by atoms with Crippen LogP contribution in [-0.4, -0.2) is 36.3 Å². The van der Waals surface area contributed by atoms with Crippen LogP contribution in [-0.2, 0) is 4.79 Å². The van der Waals surface area contributed by atoms with Crippen molar-refractivity contribution in [3.63, 3.8) is 0 Å². The molecule has 0 bridgehead atoms. The lowest BCUT2D eigenvalue weighted by Crippen LogP contribution is -2.45. The SMILES string of the molecule is O=C(NCCC1=CCCCC1)[C@H]1CCCN(C(=O)c2ccco2)C1. The highest BCUT2D eigenvalue weighted by molar-refractivity contribution is 5.92. The Hall–Kier alpha value is -2.04. The van der Waals surface area contributed by atoms with E-state index in [9.17, 15) is 9.59 Å². The molecule has 1 fully saturated rings. The molecule has 1 aromatic rings. The molecule has 0 spiro atoms. The highest BCUT2D eigenvalue weighted by atomic mass is 16.3. The zero-order valence-electron chi connectivity index (χ0n) is 14.1. The fourth-order valence-electron chi connectivity index (χ4n) is 3.55. The van der Waals surface area contributed by atoms with Crippen molar-refractivity contribution in [2.45, 2.75) is 44.9 Å². The number of allylic oxidation sites excluding steroid dienone is 1. The van der Waals surface area contributed by atoms with E-state index in [1.54, 1.807) is 17.0 Å². The van der Waals surface area contributed by atoms with E-state index >= 15 is 0 Å². The first-order valence-corrected chi connectivity index (χ1v) is 9.02. The number of hydrogen-bond acceptors (Lipinski definition) is 3. The summed E-state index contributed by atoms with van der Waals surface area (Å²) in [6.45, 7) is 1.87. The first kappa shape index (κ1) is 16.8. The minimum absolute atomic E-state index is 0.0726. The van der Waals surface area contributed by atoms with Crippen LogP contribution in [0, 0.1) is 5.92 Å². The van der Waals surface area contributed by atoms with Gasteiger partial charge in [0.15, 0.2) is 5.76 Å². The maximum atomic E-state index is 12.4. The Morgan fingerprint density at radius 1 is 1.29 bits per heavy atom. The van der Waals surface area contributed by atoms with Crippen molar-refractivity contribution < 1.29 is 14.0 Å². The lowest BCUT2D eigenvalue weighted by atomic mass is 9.96. The minimum Gasteiger partial charge on any atom is -0.459 e. The number of carbonyl (C=O) groups is 2. The highest BCUT2D eigenvalue weighted by Crippen LogP contribution is 2.21. The molecule has 1 aliphatic carbocycles. The second kappa shape index (κ2) is 8.18. The Morgan fingerprint density at radius 2 is 2.21 bits per heavy atom. The monoisotopic (exact) mass is 330 g/mol. The van der Waals surface area contributed by atoms with Crippen molar-refractivity contribution in [2.75, 3.05) is 19.6 Å². The van der Waals surface area contributed by atoms with Crippen LogP contribution in [0.4, 0.5) is 0 Å². The van der Waals surface area contributed by atoms with E-state index in [1.165, 1.54) is 37.5 Å². The van der Waals surface area contributed by atoms with Gasteiger partial charge in [0.05, 0.1) is 12.2 Å². The molecule has 2 heterocycles. The van der Waals surface area contributed by atoms with Gasteiger partial charge in [-0.05, 0) is 57.1 Å². The van der Waals surface area contributed by atoms with Gasteiger partial charge in [-0.25, -0.2) is 0 Å². The molecule has 5 heteroatoms. The summed E-state index contributed by atoms with van der Waals surface area (Å²) >= 11 is 0. The molecule has 0 saturated carbocycles. The Kier molecular flexibility index (Phi) is 5.72. The van der Waals surface area contributed by atoms with Crippen molar-refractivity contribution in [3.05, 3.63) is 35.8 Å². The predicted molar refractivity (Wildman–Crippen MR) is 91.5 cm³/mol. The Bertz CT molecular complexity index is 592. The van der Waals surface area contributed by atoms with E-state index in [0.29, 0.717) is 25.4 Å². The van der Waals surface area contributed by atoms with Gasteiger partial charge in [-0.3, -0.25) is 9.59 Å². The Balaban J connectivity index is 1.46. The Morgan fingerprint density at radius 3 is 2.96 bits per heavy atom. The van der Waals surface area contributed by atoms with Crippen LogP contribution in [0.1, 0.15) is 55.5 Å². The molecule has 24 heavy (non-hydrogen) atoms. The fraction of sp³-hybridized carbons (Fsp3) is 0.579. The maximum absolute atomic E-state index is 12.4. The van der Waals surface area contributed by atoms with Crippen molar-refractivity contribution in [1.82, 2.24) is 10.2 Å². The quantitative estimate of drug-likeness (QED) is 0.844. The number of amides is 2. The largest absolute Gasteiger partial charge is 0.459 e. The molecular formula is C19H26N2O3. The smallest absolute Gasteiger partial charge is 0.289 e. The maximum Gasteiger partial charge on any atom is 0.289 e. The van der Waals surface area contributed by atoms with Crippen LogP contribution in [0.3, 0.4) is 0 Å². The van der Waals surface area contributed by atoms with Gasteiger partial charge in [0.25, 0.3) is 5.91 Å². The molecule has 2 amide bonds. The van der Waals surface area contributed by atoms with Crippen molar-refractivity contribution in [3.8, 4) is 0 Å². The molecule has 0 radical (unpaired) electrons. The number of nitrogens with one attached hydrogen (secondary N) is 1. The van der Waals surface area contributed by atoms with Gasteiger partial charge in [0.1, 0.15) is 0 Å². The molecule has 5 nitrogen and oxygen atoms in total. The van der Waals surface area contributed by atoms with E-state index < -0.39 is 0 Å². The van der Waals surface area contributed by atoms with Crippen LogP contribution in [0.5, 0.6) is 0 Å². The second-order valence-corrected chi connectivity index (χ2v) is 6.72. The molecule has 0 unspecified atom stereocenters. The molecule has 3 rings (SSSR count). The van der Waals surface area contributed by atoms with Gasteiger partial charge in [-0.1, -0.05) is 11.6 Å². The van der Waals surface area contributed by atoms with Gasteiger partial charge in [0, 0.05) is 19.6 Å². The lowest BCUT2D eigenvalue weighted by molar-refractivity contribution is -0.126. The topological polar surface area (TPSA) is 62.6 Å². The lowest BCUT2D eigenvalue weighted by Gasteiger charge is -2.31. The number of carbonyl (C=O) groups excluding carboxylic acids is 2. The van der Waals surface area contributed by atoms with E-state index in [2.05, 4.69) is 11.4 Å². The van der Waals surface area contributed by atoms with Crippen molar-refractivity contribution >= 4 is 11.8 Å². The highest BCUT2D eigenvalue weighted by Gasteiger charge is 2.29. The molecule has 1 atom stereocenters. The third-order valence-corrected chi connectivity index (χ3v) is 4.94. The molecule has 1 N–H and O–H groups in total. The van der Waals surface area contributed by atoms with Crippen molar-refractivity contribution in [2.24, 2.45) is 5.92 Å². The number of likely N-dealkylation sites (tertiary alicyclic amines) is 1. The Labute approximate surface area is 143 Å². The summed E-state index contributed by atoms with van der Waals surface area (Å²) in [6.07, 6.45) is 11.4. The van der Waals surface area contributed by atoms with E-state index in [4.69, 9.17) is 4.42 Å². The average molecular weight is 330 g/mol. The van der Waals surface area contributed by atoms with Crippen LogP contribution >= 0.6 is 0 Å². The number of nitrogens with zero attached hydrogens (tertiary/aromatic N) is 1. The molecule has 2 aliphatic rings. The van der Waals surface area contributed by atoms with Gasteiger partial charge in [-0.15, -0.1) is 0 Å². The van der Waals surface area contributed by atoms with Gasteiger partial charge < -0.3 is 14.6 Å². The summed E-state index contributed by atoms with van der Waals surface area (Å²) in [5.41, 5.74) is 1.47. The first-order valence-electron chi connectivity index (χ1n) is 9.02. The molecular weight excluding hydrogens is 304 g/mol. The first-order chi connectivity index (χ1) is 11.7. The van der Waals surface area contributed by atoms with Gasteiger partial charge in [0.2, 0.25) is 5.91 Å². The van der Waals surface area contributed by atoms with Crippen LogP contribution in [0.25, 0.3) is 0 Å². The normalized spacial score (nSPS) is 21.2. The summed E-state index contributed by atoms with van der Waals surface area (Å²) < 4.78 is 5.18. The summed E-state index contributed by atoms with van der Waals surface area (Å²) in [6, 6.07) is 3.38. The van der Waals surface area contributed by atoms with E-state index in [1.807, 2.05) is 0 Å². The number of piperidine rings is 1. The van der Waals surface area contributed by atoms with E-state index in [0.717, 1.165) is 19.3 Å². The summed E-state index contributed by atoms with van der Waals surface area (Å²) in [4.78, 5) is 26.5. The van der Waals surface area contributed by atoms with Crippen LogP contribution in [0.15, 0.2) is 34.5 Å². The summed E-state index contributed by atoms with van der Waals surface area (Å²) in [5.74, 6) is 0.187. The summed E-state index contributed by atoms with van der Waals surface area (Å²) in [5, 5.41) is 3.05. The minimum atomic E-state index is -0.120. The number of rotatable bonds is 5. The fourth-order valence-corrected chi connectivity index (χ4v) is 3.55. The molecule has 1 saturated heterocycles. The third kappa shape index (κ3) is 4.28. The average Bonchev–Trinajstić information content (AvgIpc) is 3.16. The zero-order valence-corrected chi connectivity index (χ0v) is 14.1.